The number of carbonyl (C=O) groups excluding carboxylic acids is 1. The van der Waals surface area contributed by atoms with E-state index >= 15 is 0 Å². The maximum absolute atomic E-state index is 12.9. The first-order valence-electron chi connectivity index (χ1n) is 10.9. The lowest BCUT2D eigenvalue weighted by Gasteiger charge is -2.09. The van der Waals surface area contributed by atoms with Gasteiger partial charge in [-0.1, -0.05) is 60.1 Å². The molecule has 2 aromatic carbocycles. The zero-order chi connectivity index (χ0) is 23.7. The van der Waals surface area contributed by atoms with E-state index in [-0.39, 0.29) is 18.3 Å². The molecule has 0 radical (unpaired) electrons. The summed E-state index contributed by atoms with van der Waals surface area (Å²) in [6.07, 6.45) is 2.37. The molecule has 0 spiro atoms. The highest BCUT2D eigenvalue weighted by Crippen LogP contribution is 2.24. The molecule has 0 saturated carbocycles. The van der Waals surface area contributed by atoms with Gasteiger partial charge in [0.15, 0.2) is 5.65 Å². The average molecular weight is 454 g/mol. The number of nitrogens with one attached hydrogen (secondary N) is 1. The summed E-state index contributed by atoms with van der Waals surface area (Å²) in [6, 6.07) is 18.8. The second-order valence-corrected chi connectivity index (χ2v) is 7.90. The van der Waals surface area contributed by atoms with Gasteiger partial charge in [0.2, 0.25) is 11.7 Å². The molecule has 0 aliphatic rings. The Morgan fingerprint density at radius 3 is 2.65 bits per heavy atom. The number of rotatable bonds is 6. The first kappa shape index (κ1) is 21.3. The number of benzene rings is 2. The van der Waals surface area contributed by atoms with Crippen molar-refractivity contribution in [3.05, 3.63) is 88.5 Å². The van der Waals surface area contributed by atoms with Crippen LogP contribution in [0.5, 0.6) is 0 Å². The normalized spacial score (nSPS) is 11.1. The Hall–Kier alpha value is -4.53. The summed E-state index contributed by atoms with van der Waals surface area (Å²) in [7, 11) is 0. The summed E-state index contributed by atoms with van der Waals surface area (Å²) < 4.78 is 7.96. The molecule has 3 heterocycles. The lowest BCUT2D eigenvalue weighted by molar-refractivity contribution is -0.117. The molecule has 0 aliphatic carbocycles. The largest absolute Gasteiger partial charge is 0.350 e. The van der Waals surface area contributed by atoms with Crippen LogP contribution in [0.15, 0.2) is 76.2 Å². The molecule has 1 amide bonds. The van der Waals surface area contributed by atoms with Gasteiger partial charge in [-0.05, 0) is 37.1 Å². The van der Waals surface area contributed by atoms with Gasteiger partial charge >= 0.3 is 5.69 Å². The van der Waals surface area contributed by atoms with Crippen molar-refractivity contribution in [2.24, 2.45) is 0 Å². The molecule has 9 heteroatoms. The summed E-state index contributed by atoms with van der Waals surface area (Å²) in [5, 5.41) is 11.3. The third-order valence-corrected chi connectivity index (χ3v) is 5.54. The Morgan fingerprint density at radius 2 is 1.85 bits per heavy atom. The van der Waals surface area contributed by atoms with Gasteiger partial charge in [-0.3, -0.25) is 4.79 Å². The van der Waals surface area contributed by atoms with Gasteiger partial charge in [0.25, 0.3) is 5.89 Å². The first-order valence-corrected chi connectivity index (χ1v) is 10.9. The number of hydrogen-bond donors (Lipinski definition) is 1. The minimum atomic E-state index is -0.436. The molecule has 9 nitrogen and oxygen atoms in total. The van der Waals surface area contributed by atoms with Crippen molar-refractivity contribution in [1.29, 1.82) is 0 Å². The highest BCUT2D eigenvalue weighted by molar-refractivity contribution is 5.91. The van der Waals surface area contributed by atoms with Crippen molar-refractivity contribution >= 4 is 17.2 Å². The quantitative estimate of drug-likeness (QED) is 0.419. The second kappa shape index (κ2) is 8.78. The van der Waals surface area contributed by atoms with E-state index in [1.165, 1.54) is 4.40 Å². The SMILES string of the molecule is CCc1ccccc1NC(=O)Cn1nc2c(-c3nc(-c4ccc(C)cc4)no3)cccn2c1=O. The lowest BCUT2D eigenvalue weighted by atomic mass is 10.1. The molecular weight excluding hydrogens is 432 g/mol. The van der Waals surface area contributed by atoms with Crippen LogP contribution in [0.3, 0.4) is 0 Å². The molecule has 0 bridgehead atoms. The fraction of sp³-hybridized carbons (Fsp3) is 0.160. The van der Waals surface area contributed by atoms with Crippen LogP contribution in [0.25, 0.3) is 28.5 Å². The molecule has 0 atom stereocenters. The van der Waals surface area contributed by atoms with Gasteiger partial charge in [0.05, 0.1) is 5.56 Å². The van der Waals surface area contributed by atoms with Crippen LogP contribution in [0.2, 0.25) is 0 Å². The van der Waals surface area contributed by atoms with E-state index in [0.29, 0.717) is 17.0 Å². The smallest absolute Gasteiger partial charge is 0.333 e. The fourth-order valence-electron chi connectivity index (χ4n) is 3.74. The summed E-state index contributed by atoms with van der Waals surface area (Å²) >= 11 is 0. The van der Waals surface area contributed by atoms with Crippen LogP contribution >= 0.6 is 0 Å². The van der Waals surface area contributed by atoms with Crippen molar-refractivity contribution < 1.29 is 9.32 Å². The number of aryl methyl sites for hydroxylation is 2. The molecule has 1 N–H and O–H groups in total. The van der Waals surface area contributed by atoms with Gasteiger partial charge in [-0.2, -0.15) is 4.98 Å². The molecule has 3 aromatic heterocycles. The van der Waals surface area contributed by atoms with Gasteiger partial charge < -0.3 is 9.84 Å². The van der Waals surface area contributed by atoms with E-state index < -0.39 is 5.69 Å². The van der Waals surface area contributed by atoms with Crippen LogP contribution in [0.4, 0.5) is 5.69 Å². The van der Waals surface area contributed by atoms with Crippen LogP contribution in [0, 0.1) is 6.92 Å². The maximum Gasteiger partial charge on any atom is 0.350 e. The summed E-state index contributed by atoms with van der Waals surface area (Å²) in [6.45, 7) is 3.79. The standard InChI is InChI=1S/C25H22N6O3/c1-3-17-7-4-5-9-20(17)26-21(32)15-31-25(33)30-14-6-8-19(23(30)28-31)24-27-22(29-34-24)18-12-10-16(2)11-13-18/h4-14H,3,15H2,1-2H3,(H,26,32). The van der Waals surface area contributed by atoms with Crippen LogP contribution in [-0.4, -0.2) is 30.2 Å². The average Bonchev–Trinajstić information content (AvgIpc) is 3.45. The molecule has 0 unspecified atom stereocenters. The van der Waals surface area contributed by atoms with E-state index in [1.807, 2.05) is 62.4 Å². The second-order valence-electron chi connectivity index (χ2n) is 7.90. The molecule has 5 rings (SSSR count). The lowest BCUT2D eigenvalue weighted by Crippen LogP contribution is -2.28. The van der Waals surface area contributed by atoms with E-state index in [9.17, 15) is 9.59 Å². The fourth-order valence-corrected chi connectivity index (χ4v) is 3.74. The Labute approximate surface area is 194 Å². The summed E-state index contributed by atoms with van der Waals surface area (Å²) in [5.41, 5.74) is 4.08. The Bertz CT molecular complexity index is 1550. The van der Waals surface area contributed by atoms with Gasteiger partial charge in [-0.15, -0.1) is 5.10 Å². The Balaban J connectivity index is 1.45. The van der Waals surface area contributed by atoms with E-state index in [1.54, 1.807) is 18.3 Å². The Kier molecular flexibility index (Phi) is 5.51. The zero-order valence-corrected chi connectivity index (χ0v) is 18.7. The highest BCUT2D eigenvalue weighted by atomic mass is 16.5. The topological polar surface area (TPSA) is 107 Å². The maximum atomic E-state index is 12.9. The predicted octanol–water partition coefficient (Wildman–Crippen LogP) is 3.72. The number of para-hydroxylation sites is 1. The summed E-state index contributed by atoms with van der Waals surface area (Å²) in [5.74, 6) is 0.333. The van der Waals surface area contributed by atoms with E-state index in [2.05, 4.69) is 20.6 Å². The van der Waals surface area contributed by atoms with Gasteiger partial charge in [0.1, 0.15) is 6.54 Å². The summed E-state index contributed by atoms with van der Waals surface area (Å²) in [4.78, 5) is 30.0. The molecule has 0 fully saturated rings. The number of fused-ring (bicyclic) bond motifs is 1. The predicted molar refractivity (Wildman–Crippen MR) is 127 cm³/mol. The molecular formula is C25H22N6O3. The van der Waals surface area contributed by atoms with Crippen LogP contribution in [-0.2, 0) is 17.8 Å². The molecule has 170 valence electrons. The van der Waals surface area contributed by atoms with Gasteiger partial charge in [0, 0.05) is 17.4 Å². The Morgan fingerprint density at radius 1 is 1.06 bits per heavy atom. The van der Waals surface area contributed by atoms with Crippen molar-refractivity contribution in [2.75, 3.05) is 5.32 Å². The number of anilines is 1. The minimum Gasteiger partial charge on any atom is -0.333 e. The third kappa shape index (κ3) is 3.99. The van der Waals surface area contributed by atoms with Crippen LogP contribution in [0.1, 0.15) is 18.1 Å². The minimum absolute atomic E-state index is 0.226. The van der Waals surface area contributed by atoms with Crippen LogP contribution < -0.4 is 11.0 Å². The van der Waals surface area contributed by atoms with Crippen molar-refractivity contribution in [3.63, 3.8) is 0 Å². The monoisotopic (exact) mass is 454 g/mol. The van der Waals surface area contributed by atoms with Crippen molar-refractivity contribution in [3.8, 4) is 22.8 Å². The number of amides is 1. The van der Waals surface area contributed by atoms with E-state index in [4.69, 9.17) is 4.52 Å². The number of aromatic nitrogens is 5. The molecule has 5 aromatic rings. The third-order valence-electron chi connectivity index (χ3n) is 5.54. The number of carbonyl (C=O) groups is 1. The number of hydrogen-bond acceptors (Lipinski definition) is 6. The molecule has 34 heavy (non-hydrogen) atoms. The first-order chi connectivity index (χ1) is 16.5. The number of nitrogens with zero attached hydrogens (tertiary/aromatic N) is 5. The van der Waals surface area contributed by atoms with E-state index in [0.717, 1.165) is 33.5 Å². The molecule has 0 aliphatic heterocycles. The highest BCUT2D eigenvalue weighted by Gasteiger charge is 2.19. The van der Waals surface area contributed by atoms with Crippen molar-refractivity contribution in [1.82, 2.24) is 24.3 Å². The van der Waals surface area contributed by atoms with Crippen molar-refractivity contribution in [2.45, 2.75) is 26.8 Å². The zero-order valence-electron chi connectivity index (χ0n) is 18.7. The molecule has 0 saturated heterocycles. The number of pyridine rings is 1. The van der Waals surface area contributed by atoms with Gasteiger partial charge in [-0.25, -0.2) is 13.9 Å².